The third-order valence-corrected chi connectivity index (χ3v) is 3.89. The Morgan fingerprint density at radius 3 is 1.93 bits per heavy atom. The number of carbonyl (C=O) groups excluding carboxylic acids is 2. The first-order valence-electron chi connectivity index (χ1n) is 9.11. The molecule has 150 valence electrons. The smallest absolute Gasteiger partial charge is 0.418 e. The molecule has 28 heavy (non-hydrogen) atoms. The van der Waals surface area contributed by atoms with Crippen molar-refractivity contribution in [2.24, 2.45) is 0 Å². The molecule has 0 bridgehead atoms. The number of benzene rings is 2. The van der Waals surface area contributed by atoms with Gasteiger partial charge in [-0.15, -0.1) is 0 Å². The Morgan fingerprint density at radius 1 is 0.929 bits per heavy atom. The number of nitrogen functional groups attached to an aromatic ring is 2. The quantitative estimate of drug-likeness (QED) is 0.683. The van der Waals surface area contributed by atoms with Gasteiger partial charge in [0.05, 0.1) is 0 Å². The fourth-order valence-electron chi connectivity index (χ4n) is 2.43. The zero-order chi connectivity index (χ0) is 20.7. The van der Waals surface area contributed by atoms with E-state index in [4.69, 9.17) is 16.2 Å². The van der Waals surface area contributed by atoms with Crippen LogP contribution in [-0.4, -0.2) is 29.2 Å². The number of ether oxygens (including phenoxy) is 1. The van der Waals surface area contributed by atoms with E-state index in [1.807, 2.05) is 24.3 Å². The monoisotopic (exact) mass is 384 g/mol. The van der Waals surface area contributed by atoms with Crippen molar-refractivity contribution in [2.75, 3.05) is 18.0 Å². The molecule has 2 aromatic rings. The molecule has 0 radical (unpaired) electrons. The summed E-state index contributed by atoms with van der Waals surface area (Å²) >= 11 is 0. The van der Waals surface area contributed by atoms with Crippen LogP contribution in [0.15, 0.2) is 48.5 Å². The zero-order valence-corrected chi connectivity index (χ0v) is 16.6. The lowest BCUT2D eigenvalue weighted by molar-refractivity contribution is 0.0322. The molecule has 0 atom stereocenters. The number of hydrogen-bond donors (Lipinski definition) is 3. The van der Waals surface area contributed by atoms with Gasteiger partial charge < -0.3 is 21.5 Å². The van der Waals surface area contributed by atoms with Gasteiger partial charge in [0, 0.05) is 24.5 Å². The van der Waals surface area contributed by atoms with Gasteiger partial charge in [-0.3, -0.25) is 0 Å². The Bertz CT molecular complexity index is 796. The topological polar surface area (TPSA) is 111 Å². The van der Waals surface area contributed by atoms with Gasteiger partial charge in [0.1, 0.15) is 5.60 Å². The minimum absolute atomic E-state index is 0.187. The second-order valence-electron chi connectivity index (χ2n) is 7.52. The number of imide groups is 1. The third kappa shape index (κ3) is 6.83. The second kappa shape index (κ2) is 9.12. The summed E-state index contributed by atoms with van der Waals surface area (Å²) in [7, 11) is 0. The number of nitrogens with one attached hydrogen (secondary N) is 1. The molecular formula is C21H28N4O3. The summed E-state index contributed by atoms with van der Waals surface area (Å²) in [4.78, 5) is 26.3. The largest absolute Gasteiger partial charge is 0.443 e. The van der Waals surface area contributed by atoms with Crippen molar-refractivity contribution in [2.45, 2.75) is 39.3 Å². The number of urea groups is 1. The van der Waals surface area contributed by atoms with E-state index < -0.39 is 17.7 Å². The minimum Gasteiger partial charge on any atom is -0.443 e. The number of anilines is 2. The van der Waals surface area contributed by atoms with Gasteiger partial charge in [-0.2, -0.15) is 0 Å². The van der Waals surface area contributed by atoms with Crippen molar-refractivity contribution in [1.29, 1.82) is 0 Å². The Balaban J connectivity index is 2.04. The number of carbonyl (C=O) groups is 2. The van der Waals surface area contributed by atoms with Gasteiger partial charge in [-0.25, -0.2) is 14.5 Å². The van der Waals surface area contributed by atoms with E-state index in [0.717, 1.165) is 16.0 Å². The third-order valence-electron chi connectivity index (χ3n) is 3.89. The van der Waals surface area contributed by atoms with E-state index >= 15 is 0 Å². The van der Waals surface area contributed by atoms with Crippen LogP contribution in [0.5, 0.6) is 0 Å². The molecule has 0 aromatic heterocycles. The lowest BCUT2D eigenvalue weighted by atomic mass is 10.1. The molecule has 0 saturated heterocycles. The van der Waals surface area contributed by atoms with E-state index in [9.17, 15) is 9.59 Å². The van der Waals surface area contributed by atoms with Gasteiger partial charge in [0.25, 0.3) is 0 Å². The number of amides is 3. The highest BCUT2D eigenvalue weighted by molar-refractivity contribution is 5.91. The van der Waals surface area contributed by atoms with E-state index in [-0.39, 0.29) is 13.1 Å². The molecule has 2 rings (SSSR count). The summed E-state index contributed by atoms with van der Waals surface area (Å²) in [5.41, 5.74) is 13.8. The number of nitrogens with zero attached hydrogens (tertiary/aromatic N) is 1. The van der Waals surface area contributed by atoms with Crippen molar-refractivity contribution >= 4 is 23.5 Å². The lowest BCUT2D eigenvalue weighted by Gasteiger charge is -2.26. The van der Waals surface area contributed by atoms with Crippen LogP contribution < -0.4 is 16.8 Å². The van der Waals surface area contributed by atoms with Crippen LogP contribution in [-0.2, 0) is 17.7 Å². The number of hydrogen-bond acceptors (Lipinski definition) is 5. The van der Waals surface area contributed by atoms with Crippen LogP contribution in [0.2, 0.25) is 0 Å². The van der Waals surface area contributed by atoms with Crippen LogP contribution in [0, 0.1) is 0 Å². The van der Waals surface area contributed by atoms with Crippen molar-refractivity contribution in [3.05, 3.63) is 59.7 Å². The Morgan fingerprint density at radius 2 is 1.43 bits per heavy atom. The molecule has 0 fully saturated rings. The standard InChI is InChI=1S/C21H28N4O3/c1-21(2,3)28-20(27)25(13-12-15-4-8-17(22)9-5-15)19(26)24-14-16-6-10-18(23)11-7-16/h4-11H,12-14,22-23H2,1-3H3,(H,24,26). The van der Waals surface area contributed by atoms with Crippen LogP contribution in [0.25, 0.3) is 0 Å². The van der Waals surface area contributed by atoms with E-state index in [1.54, 1.807) is 45.0 Å². The van der Waals surface area contributed by atoms with Crippen LogP contribution >= 0.6 is 0 Å². The molecule has 0 aliphatic carbocycles. The highest BCUT2D eigenvalue weighted by atomic mass is 16.6. The van der Waals surface area contributed by atoms with E-state index in [0.29, 0.717) is 17.8 Å². The molecule has 0 spiro atoms. The first kappa shape index (κ1) is 21.1. The van der Waals surface area contributed by atoms with Crippen molar-refractivity contribution in [3.8, 4) is 0 Å². The summed E-state index contributed by atoms with van der Waals surface area (Å²) < 4.78 is 5.39. The van der Waals surface area contributed by atoms with Crippen LogP contribution in [0.1, 0.15) is 31.9 Å². The summed E-state index contributed by atoms with van der Waals surface area (Å²) in [5, 5.41) is 2.76. The molecule has 2 aromatic carbocycles. The van der Waals surface area contributed by atoms with Gasteiger partial charge in [-0.1, -0.05) is 24.3 Å². The van der Waals surface area contributed by atoms with E-state index in [1.165, 1.54) is 0 Å². The van der Waals surface area contributed by atoms with Crippen molar-refractivity contribution in [1.82, 2.24) is 10.2 Å². The maximum atomic E-state index is 12.7. The molecule has 0 aliphatic rings. The highest BCUT2D eigenvalue weighted by Gasteiger charge is 2.27. The summed E-state index contributed by atoms with van der Waals surface area (Å²) in [6.07, 6.45) is -0.188. The maximum Gasteiger partial charge on any atom is 0.418 e. The second-order valence-corrected chi connectivity index (χ2v) is 7.52. The number of nitrogens with two attached hydrogens (primary N) is 2. The summed E-state index contributed by atoms with van der Waals surface area (Å²) in [6, 6.07) is 14.0. The molecule has 3 amide bonds. The van der Waals surface area contributed by atoms with E-state index in [2.05, 4.69) is 5.32 Å². The van der Waals surface area contributed by atoms with Crippen LogP contribution in [0.4, 0.5) is 21.0 Å². The lowest BCUT2D eigenvalue weighted by Crippen LogP contribution is -2.46. The Kier molecular flexibility index (Phi) is 6.87. The predicted molar refractivity (Wildman–Crippen MR) is 111 cm³/mol. The maximum absolute atomic E-state index is 12.7. The normalized spacial score (nSPS) is 11.0. The molecular weight excluding hydrogens is 356 g/mol. The number of rotatable bonds is 5. The molecule has 0 heterocycles. The molecule has 7 nitrogen and oxygen atoms in total. The molecule has 0 saturated carbocycles. The first-order valence-corrected chi connectivity index (χ1v) is 9.11. The minimum atomic E-state index is -0.701. The zero-order valence-electron chi connectivity index (χ0n) is 16.6. The average molecular weight is 384 g/mol. The molecule has 0 unspecified atom stereocenters. The van der Waals surface area contributed by atoms with Crippen molar-refractivity contribution in [3.63, 3.8) is 0 Å². The fraction of sp³-hybridized carbons (Fsp3) is 0.333. The predicted octanol–water partition coefficient (Wildman–Crippen LogP) is 3.54. The SMILES string of the molecule is CC(C)(C)OC(=O)N(CCc1ccc(N)cc1)C(=O)NCc1ccc(N)cc1. The summed E-state index contributed by atoms with van der Waals surface area (Å²) in [5.74, 6) is 0. The van der Waals surface area contributed by atoms with Gasteiger partial charge in [0.2, 0.25) is 0 Å². The average Bonchev–Trinajstić information content (AvgIpc) is 2.61. The van der Waals surface area contributed by atoms with Crippen LogP contribution in [0.3, 0.4) is 0 Å². The highest BCUT2D eigenvalue weighted by Crippen LogP contribution is 2.13. The van der Waals surface area contributed by atoms with Gasteiger partial charge >= 0.3 is 12.1 Å². The molecule has 7 heteroatoms. The van der Waals surface area contributed by atoms with Crippen molar-refractivity contribution < 1.29 is 14.3 Å². The Hall–Kier alpha value is -3.22. The Labute approximate surface area is 165 Å². The molecule has 5 N–H and O–H groups in total. The van der Waals surface area contributed by atoms with Gasteiger partial charge in [0.15, 0.2) is 0 Å². The first-order chi connectivity index (χ1) is 13.1. The van der Waals surface area contributed by atoms with Gasteiger partial charge in [-0.05, 0) is 62.6 Å². The molecule has 0 aliphatic heterocycles. The summed E-state index contributed by atoms with van der Waals surface area (Å²) in [6.45, 7) is 5.74. The fourth-order valence-corrected chi connectivity index (χ4v) is 2.43.